The van der Waals surface area contributed by atoms with Crippen molar-refractivity contribution in [1.82, 2.24) is 15.1 Å². The van der Waals surface area contributed by atoms with Crippen molar-refractivity contribution >= 4 is 0 Å². The lowest BCUT2D eigenvalue weighted by atomic mass is 9.98. The molecule has 0 fully saturated rings. The van der Waals surface area contributed by atoms with E-state index in [1.54, 1.807) is 0 Å². The third-order valence-electron chi connectivity index (χ3n) is 3.17. The molecule has 3 heteroatoms. The van der Waals surface area contributed by atoms with E-state index < -0.39 is 0 Å². The summed E-state index contributed by atoms with van der Waals surface area (Å²) >= 11 is 0. The molecule has 0 aliphatic heterocycles. The smallest absolute Gasteiger partial charge is 0.0659 e. The highest BCUT2D eigenvalue weighted by Gasteiger charge is 2.19. The minimum absolute atomic E-state index is 0.0328. The van der Waals surface area contributed by atoms with Gasteiger partial charge in [-0.05, 0) is 26.5 Å². The summed E-state index contributed by atoms with van der Waals surface area (Å²) in [6.45, 7) is 5.12. The quantitative estimate of drug-likeness (QED) is 0.872. The molecule has 17 heavy (non-hydrogen) atoms. The van der Waals surface area contributed by atoms with Gasteiger partial charge < -0.3 is 5.32 Å². The summed E-state index contributed by atoms with van der Waals surface area (Å²) in [5.41, 5.74) is 2.44. The van der Waals surface area contributed by atoms with Crippen LogP contribution in [0.5, 0.6) is 0 Å². The van der Waals surface area contributed by atoms with Crippen molar-refractivity contribution in [1.29, 1.82) is 0 Å². The van der Waals surface area contributed by atoms with Gasteiger partial charge in [0.2, 0.25) is 0 Å². The fraction of sp³-hybridized carbons (Fsp3) is 0.357. The van der Waals surface area contributed by atoms with Gasteiger partial charge in [0, 0.05) is 17.3 Å². The minimum atomic E-state index is -0.0328. The third-order valence-corrected chi connectivity index (χ3v) is 3.17. The molecule has 2 rings (SSSR count). The summed E-state index contributed by atoms with van der Waals surface area (Å²) in [7, 11) is 1.97. The van der Waals surface area contributed by atoms with Crippen LogP contribution in [0.1, 0.15) is 25.0 Å². The molecule has 3 nitrogen and oxygen atoms in total. The van der Waals surface area contributed by atoms with Gasteiger partial charge in [0.1, 0.15) is 0 Å². The Morgan fingerprint density at radius 3 is 2.59 bits per heavy atom. The van der Waals surface area contributed by atoms with E-state index in [1.807, 2.05) is 24.0 Å². The van der Waals surface area contributed by atoms with Crippen LogP contribution in [0.2, 0.25) is 0 Å². The monoisotopic (exact) mass is 229 g/mol. The second-order valence-corrected chi connectivity index (χ2v) is 4.79. The Hall–Kier alpha value is -1.61. The summed E-state index contributed by atoms with van der Waals surface area (Å²) in [4.78, 5) is 0. The molecule has 0 aliphatic carbocycles. The topological polar surface area (TPSA) is 29.9 Å². The maximum Gasteiger partial charge on any atom is 0.0659 e. The van der Waals surface area contributed by atoms with Gasteiger partial charge >= 0.3 is 0 Å². The number of nitrogens with zero attached hydrogens (tertiary/aromatic N) is 2. The van der Waals surface area contributed by atoms with Crippen LogP contribution in [-0.4, -0.2) is 16.8 Å². The first-order chi connectivity index (χ1) is 8.12. The van der Waals surface area contributed by atoms with Gasteiger partial charge in [-0.25, -0.2) is 0 Å². The normalized spacial score (nSPS) is 11.7. The van der Waals surface area contributed by atoms with E-state index in [2.05, 4.69) is 54.7 Å². The highest BCUT2D eigenvalue weighted by molar-refractivity contribution is 5.18. The molecule has 1 aromatic carbocycles. The van der Waals surface area contributed by atoms with E-state index in [0.717, 1.165) is 6.54 Å². The molecule has 0 aliphatic rings. The average Bonchev–Trinajstić information content (AvgIpc) is 2.80. The van der Waals surface area contributed by atoms with Crippen LogP contribution in [0.3, 0.4) is 0 Å². The Bertz CT molecular complexity index is 471. The molecule has 0 radical (unpaired) electrons. The van der Waals surface area contributed by atoms with Crippen LogP contribution >= 0.6 is 0 Å². The van der Waals surface area contributed by atoms with Crippen LogP contribution in [0.15, 0.2) is 42.7 Å². The van der Waals surface area contributed by atoms with Crippen LogP contribution in [-0.2, 0) is 12.1 Å². The van der Waals surface area contributed by atoms with Crippen molar-refractivity contribution in [2.75, 3.05) is 7.05 Å². The summed E-state index contributed by atoms with van der Waals surface area (Å²) < 4.78 is 1.98. The van der Waals surface area contributed by atoms with Crippen molar-refractivity contribution in [2.24, 2.45) is 0 Å². The fourth-order valence-electron chi connectivity index (χ4n) is 1.69. The predicted molar refractivity (Wildman–Crippen MR) is 69.9 cm³/mol. The molecular weight excluding hydrogens is 210 g/mol. The highest BCUT2D eigenvalue weighted by Crippen LogP contribution is 2.18. The van der Waals surface area contributed by atoms with Crippen molar-refractivity contribution in [3.05, 3.63) is 53.9 Å². The fourth-order valence-corrected chi connectivity index (χ4v) is 1.69. The molecule has 1 heterocycles. The van der Waals surface area contributed by atoms with Gasteiger partial charge in [-0.3, -0.25) is 4.68 Å². The lowest BCUT2D eigenvalue weighted by Crippen LogP contribution is -2.32. The molecule has 0 spiro atoms. The Labute approximate surface area is 102 Å². The molecule has 1 aromatic heterocycles. The predicted octanol–water partition coefficient (Wildman–Crippen LogP) is 2.39. The van der Waals surface area contributed by atoms with Crippen LogP contribution < -0.4 is 5.32 Å². The second kappa shape index (κ2) is 4.72. The first kappa shape index (κ1) is 11.9. The molecule has 0 atom stereocenters. The van der Waals surface area contributed by atoms with E-state index in [4.69, 9.17) is 0 Å². The van der Waals surface area contributed by atoms with Crippen molar-refractivity contribution < 1.29 is 0 Å². The summed E-state index contributed by atoms with van der Waals surface area (Å²) in [5, 5.41) is 7.68. The molecule has 0 amide bonds. The SMILES string of the molecule is CNC(C)(C)c1cnn(Cc2ccccc2)c1. The van der Waals surface area contributed by atoms with Crippen molar-refractivity contribution in [2.45, 2.75) is 25.9 Å². The maximum absolute atomic E-state index is 4.40. The molecule has 0 unspecified atom stereocenters. The van der Waals surface area contributed by atoms with E-state index in [9.17, 15) is 0 Å². The number of benzene rings is 1. The minimum Gasteiger partial charge on any atom is -0.311 e. The maximum atomic E-state index is 4.40. The third kappa shape index (κ3) is 2.74. The van der Waals surface area contributed by atoms with E-state index in [1.165, 1.54) is 11.1 Å². The van der Waals surface area contributed by atoms with E-state index in [-0.39, 0.29) is 5.54 Å². The molecule has 0 bridgehead atoms. The van der Waals surface area contributed by atoms with Crippen molar-refractivity contribution in [3.63, 3.8) is 0 Å². The van der Waals surface area contributed by atoms with Crippen LogP contribution in [0.4, 0.5) is 0 Å². The average molecular weight is 229 g/mol. The Morgan fingerprint density at radius 2 is 1.94 bits per heavy atom. The largest absolute Gasteiger partial charge is 0.311 e. The zero-order valence-electron chi connectivity index (χ0n) is 10.6. The summed E-state index contributed by atoms with van der Waals surface area (Å²) in [6, 6.07) is 10.4. The van der Waals surface area contributed by atoms with Gasteiger partial charge in [-0.1, -0.05) is 30.3 Å². The van der Waals surface area contributed by atoms with Gasteiger partial charge in [0.25, 0.3) is 0 Å². The molecule has 90 valence electrons. The first-order valence-electron chi connectivity index (χ1n) is 5.87. The van der Waals surface area contributed by atoms with Crippen LogP contribution in [0, 0.1) is 0 Å². The molecule has 1 N–H and O–H groups in total. The lowest BCUT2D eigenvalue weighted by molar-refractivity contribution is 0.444. The Balaban J connectivity index is 2.14. The molecule has 2 aromatic rings. The standard InChI is InChI=1S/C14H19N3/c1-14(2,15-3)13-9-16-17(11-13)10-12-7-5-4-6-8-12/h4-9,11,15H,10H2,1-3H3. The van der Waals surface area contributed by atoms with Gasteiger partial charge in [0.15, 0.2) is 0 Å². The number of nitrogens with one attached hydrogen (secondary N) is 1. The van der Waals surface area contributed by atoms with E-state index in [0.29, 0.717) is 0 Å². The van der Waals surface area contributed by atoms with Gasteiger partial charge in [-0.15, -0.1) is 0 Å². The van der Waals surface area contributed by atoms with Crippen molar-refractivity contribution in [3.8, 4) is 0 Å². The number of aromatic nitrogens is 2. The number of hydrogen-bond donors (Lipinski definition) is 1. The van der Waals surface area contributed by atoms with Gasteiger partial charge in [-0.2, -0.15) is 5.10 Å². The number of rotatable bonds is 4. The summed E-state index contributed by atoms with van der Waals surface area (Å²) in [6.07, 6.45) is 4.03. The van der Waals surface area contributed by atoms with Gasteiger partial charge in [0.05, 0.1) is 12.7 Å². The zero-order valence-corrected chi connectivity index (χ0v) is 10.6. The lowest BCUT2D eigenvalue weighted by Gasteiger charge is -2.21. The second-order valence-electron chi connectivity index (χ2n) is 4.79. The Morgan fingerprint density at radius 1 is 1.24 bits per heavy atom. The van der Waals surface area contributed by atoms with Crippen LogP contribution in [0.25, 0.3) is 0 Å². The highest BCUT2D eigenvalue weighted by atomic mass is 15.3. The zero-order chi connectivity index (χ0) is 12.3. The molecule has 0 saturated carbocycles. The molecule has 0 saturated heterocycles. The Kier molecular flexibility index (Phi) is 3.29. The number of hydrogen-bond acceptors (Lipinski definition) is 2. The molecular formula is C14H19N3. The van der Waals surface area contributed by atoms with E-state index >= 15 is 0 Å². The first-order valence-corrected chi connectivity index (χ1v) is 5.87. The summed E-state index contributed by atoms with van der Waals surface area (Å²) in [5.74, 6) is 0.